The van der Waals surface area contributed by atoms with E-state index < -0.39 is 0 Å². The van der Waals surface area contributed by atoms with Gasteiger partial charge in [0.2, 0.25) is 5.91 Å². The van der Waals surface area contributed by atoms with Crippen molar-refractivity contribution in [3.8, 4) is 0 Å². The molecule has 1 fully saturated rings. The molecule has 0 bridgehead atoms. The van der Waals surface area contributed by atoms with E-state index in [2.05, 4.69) is 35.0 Å². The van der Waals surface area contributed by atoms with Gasteiger partial charge in [-0.2, -0.15) is 0 Å². The van der Waals surface area contributed by atoms with Crippen LogP contribution < -0.4 is 5.32 Å². The van der Waals surface area contributed by atoms with Crippen LogP contribution in [-0.2, 0) is 11.3 Å². The zero-order chi connectivity index (χ0) is 13.9. The van der Waals surface area contributed by atoms with Gasteiger partial charge in [-0.1, -0.05) is 18.2 Å². The molecule has 0 aliphatic carbocycles. The van der Waals surface area contributed by atoms with Crippen molar-refractivity contribution in [3.63, 3.8) is 0 Å². The zero-order valence-electron chi connectivity index (χ0n) is 12.2. The monoisotopic (exact) mass is 324 g/mol. The van der Waals surface area contributed by atoms with E-state index in [1.54, 1.807) is 11.3 Å². The maximum absolute atomic E-state index is 12.5. The minimum absolute atomic E-state index is 0. The molecule has 114 valence electrons. The number of hydrogen-bond donors (Lipinski definition) is 1. The van der Waals surface area contributed by atoms with E-state index in [1.807, 2.05) is 11.9 Å². The first kappa shape index (κ1) is 16.3. The Bertz CT molecular complexity index is 607. The van der Waals surface area contributed by atoms with Crippen LogP contribution in [0.5, 0.6) is 0 Å². The van der Waals surface area contributed by atoms with Gasteiger partial charge in [-0.15, -0.1) is 23.7 Å². The molecule has 1 aliphatic rings. The highest BCUT2D eigenvalue weighted by Crippen LogP contribution is 2.27. The molecular formula is C16H21ClN2OS. The molecule has 0 unspecified atom stereocenters. The van der Waals surface area contributed by atoms with E-state index in [4.69, 9.17) is 0 Å². The lowest BCUT2D eigenvalue weighted by Crippen LogP contribution is -2.38. The average molecular weight is 325 g/mol. The third-order valence-electron chi connectivity index (χ3n) is 4.03. The molecule has 1 N–H and O–H groups in total. The van der Waals surface area contributed by atoms with Crippen molar-refractivity contribution in [2.75, 3.05) is 20.1 Å². The van der Waals surface area contributed by atoms with Crippen LogP contribution in [0, 0.1) is 5.92 Å². The molecule has 0 spiro atoms. The topological polar surface area (TPSA) is 32.3 Å². The third-order valence-corrected chi connectivity index (χ3v) is 5.05. The first-order valence-electron chi connectivity index (χ1n) is 7.16. The Labute approximate surface area is 135 Å². The Kier molecular flexibility index (Phi) is 5.62. The largest absolute Gasteiger partial charge is 0.341 e. The number of fused-ring (bicyclic) bond motifs is 1. The number of thiophene rings is 1. The van der Waals surface area contributed by atoms with Crippen LogP contribution in [0.2, 0.25) is 0 Å². The number of nitrogens with zero attached hydrogens (tertiary/aromatic N) is 1. The summed E-state index contributed by atoms with van der Waals surface area (Å²) in [6.07, 6.45) is 1.93. The quantitative estimate of drug-likeness (QED) is 0.939. The normalized spacial score (nSPS) is 15.7. The number of amides is 1. The summed E-state index contributed by atoms with van der Waals surface area (Å²) >= 11 is 1.76. The van der Waals surface area contributed by atoms with Gasteiger partial charge in [0.25, 0.3) is 0 Å². The lowest BCUT2D eigenvalue weighted by molar-refractivity contribution is -0.135. The molecule has 1 aliphatic heterocycles. The van der Waals surface area contributed by atoms with Crippen LogP contribution >= 0.6 is 23.7 Å². The van der Waals surface area contributed by atoms with E-state index in [1.165, 1.54) is 15.6 Å². The lowest BCUT2D eigenvalue weighted by Gasteiger charge is -2.26. The number of carbonyl (C=O) groups excluding carboxylic acids is 1. The van der Waals surface area contributed by atoms with Crippen molar-refractivity contribution in [1.29, 1.82) is 0 Å². The van der Waals surface area contributed by atoms with Crippen LogP contribution in [-0.4, -0.2) is 30.9 Å². The Morgan fingerprint density at radius 1 is 1.33 bits per heavy atom. The molecule has 21 heavy (non-hydrogen) atoms. The fourth-order valence-corrected chi connectivity index (χ4v) is 3.82. The van der Waals surface area contributed by atoms with Crippen molar-refractivity contribution < 1.29 is 4.79 Å². The van der Waals surface area contributed by atoms with Crippen molar-refractivity contribution in [1.82, 2.24) is 10.2 Å². The van der Waals surface area contributed by atoms with Crippen molar-refractivity contribution in [3.05, 3.63) is 35.2 Å². The summed E-state index contributed by atoms with van der Waals surface area (Å²) in [5, 5.41) is 6.77. The van der Waals surface area contributed by atoms with Gasteiger partial charge in [0.05, 0.1) is 0 Å². The molecule has 1 aromatic heterocycles. The number of rotatable bonds is 3. The SMILES string of the molecule is CN(Cc1csc2ccccc12)C(=O)C1CCNCC1.Cl. The predicted molar refractivity (Wildman–Crippen MR) is 91.1 cm³/mol. The van der Waals surface area contributed by atoms with Gasteiger partial charge in [-0.25, -0.2) is 0 Å². The molecule has 1 amide bonds. The van der Waals surface area contributed by atoms with Crippen LogP contribution in [0.15, 0.2) is 29.6 Å². The standard InChI is InChI=1S/C16H20N2OS.ClH/c1-18(16(19)12-6-8-17-9-7-12)10-13-11-20-15-5-3-2-4-14(13)15;/h2-5,11-12,17H,6-10H2,1H3;1H. The van der Waals surface area contributed by atoms with Crippen LogP contribution in [0.1, 0.15) is 18.4 Å². The van der Waals surface area contributed by atoms with Gasteiger partial charge >= 0.3 is 0 Å². The number of carbonyl (C=O) groups is 1. The molecule has 1 saturated heterocycles. The summed E-state index contributed by atoms with van der Waals surface area (Å²) in [4.78, 5) is 14.4. The third kappa shape index (κ3) is 3.57. The number of halogens is 1. The fraction of sp³-hybridized carbons (Fsp3) is 0.438. The van der Waals surface area contributed by atoms with Crippen molar-refractivity contribution in [2.24, 2.45) is 5.92 Å². The summed E-state index contributed by atoms with van der Waals surface area (Å²) in [5.41, 5.74) is 1.26. The van der Waals surface area contributed by atoms with Gasteiger partial charge in [0.1, 0.15) is 0 Å². The molecule has 3 rings (SSSR count). The molecule has 5 heteroatoms. The van der Waals surface area contributed by atoms with Gasteiger partial charge < -0.3 is 10.2 Å². The zero-order valence-corrected chi connectivity index (χ0v) is 13.8. The summed E-state index contributed by atoms with van der Waals surface area (Å²) in [6, 6.07) is 8.40. The summed E-state index contributed by atoms with van der Waals surface area (Å²) in [7, 11) is 1.93. The number of nitrogens with one attached hydrogen (secondary N) is 1. The second-order valence-corrected chi connectivity index (χ2v) is 6.39. The average Bonchev–Trinajstić information content (AvgIpc) is 2.91. The predicted octanol–water partition coefficient (Wildman–Crippen LogP) is 3.28. The summed E-state index contributed by atoms with van der Waals surface area (Å²) in [6.45, 7) is 2.64. The molecule has 3 nitrogen and oxygen atoms in total. The Morgan fingerprint density at radius 2 is 2.05 bits per heavy atom. The number of benzene rings is 1. The second-order valence-electron chi connectivity index (χ2n) is 5.48. The smallest absolute Gasteiger partial charge is 0.225 e. The molecule has 1 aromatic carbocycles. The van der Waals surface area contributed by atoms with E-state index in [0.717, 1.165) is 25.9 Å². The highest BCUT2D eigenvalue weighted by molar-refractivity contribution is 7.17. The highest BCUT2D eigenvalue weighted by Gasteiger charge is 2.24. The van der Waals surface area contributed by atoms with E-state index in [0.29, 0.717) is 12.5 Å². The van der Waals surface area contributed by atoms with Crippen LogP contribution in [0.4, 0.5) is 0 Å². The molecule has 0 atom stereocenters. The Hall–Kier alpha value is -1.10. The van der Waals surface area contributed by atoms with E-state index in [9.17, 15) is 4.79 Å². The Morgan fingerprint density at radius 3 is 2.81 bits per heavy atom. The van der Waals surface area contributed by atoms with E-state index >= 15 is 0 Å². The molecular weight excluding hydrogens is 304 g/mol. The van der Waals surface area contributed by atoms with Gasteiger partial charge in [-0.05, 0) is 48.3 Å². The fourth-order valence-electron chi connectivity index (χ4n) is 2.87. The maximum Gasteiger partial charge on any atom is 0.225 e. The minimum Gasteiger partial charge on any atom is -0.341 e. The first-order chi connectivity index (χ1) is 9.75. The van der Waals surface area contributed by atoms with Crippen molar-refractivity contribution >= 4 is 39.7 Å². The summed E-state index contributed by atoms with van der Waals surface area (Å²) < 4.78 is 1.30. The molecule has 2 aromatic rings. The summed E-state index contributed by atoms with van der Waals surface area (Å²) in [5.74, 6) is 0.493. The minimum atomic E-state index is 0. The second kappa shape index (κ2) is 7.25. The van der Waals surface area contributed by atoms with Crippen molar-refractivity contribution in [2.45, 2.75) is 19.4 Å². The lowest BCUT2D eigenvalue weighted by atomic mass is 9.96. The van der Waals surface area contributed by atoms with Gasteiger partial charge in [0, 0.05) is 24.2 Å². The highest BCUT2D eigenvalue weighted by atomic mass is 35.5. The van der Waals surface area contributed by atoms with Crippen LogP contribution in [0.25, 0.3) is 10.1 Å². The number of hydrogen-bond acceptors (Lipinski definition) is 3. The van der Waals surface area contributed by atoms with Gasteiger partial charge in [-0.3, -0.25) is 4.79 Å². The van der Waals surface area contributed by atoms with Crippen LogP contribution in [0.3, 0.4) is 0 Å². The molecule has 2 heterocycles. The Balaban J connectivity index is 0.00000161. The number of piperidine rings is 1. The van der Waals surface area contributed by atoms with E-state index in [-0.39, 0.29) is 18.3 Å². The first-order valence-corrected chi connectivity index (χ1v) is 8.04. The molecule has 0 radical (unpaired) electrons. The maximum atomic E-state index is 12.5. The molecule has 0 saturated carbocycles. The van der Waals surface area contributed by atoms with Gasteiger partial charge in [0.15, 0.2) is 0 Å².